The van der Waals surface area contributed by atoms with Crippen LogP contribution in [0.2, 0.25) is 0 Å². The standard InChI is InChI=1S/C21H26N2O5/c1-26-15-4-5-16-18(11-15)28-21(22-19(16)24)12-13-2-3-14(21)10-17(13)20(25)23-6-8-27-9-7-23/h4-5,11,13-14,17H,2-3,6-10,12H2,1H3,(H,22,24)/t13-,14-,17+,21-/m1/s1. The molecule has 1 aromatic rings. The number of carbonyl (C=O) groups excluding carboxylic acids is 2. The minimum absolute atomic E-state index is 0.0229. The van der Waals surface area contributed by atoms with Crippen molar-refractivity contribution in [3.05, 3.63) is 23.8 Å². The number of ether oxygens (including phenoxy) is 3. The van der Waals surface area contributed by atoms with Crippen LogP contribution in [0.5, 0.6) is 11.5 Å². The van der Waals surface area contributed by atoms with Crippen LogP contribution in [0.4, 0.5) is 0 Å². The molecule has 4 fully saturated rings. The molecule has 1 saturated heterocycles. The number of carbonyl (C=O) groups is 2. The molecule has 7 nitrogen and oxygen atoms in total. The molecule has 3 saturated carbocycles. The average molecular weight is 386 g/mol. The van der Waals surface area contributed by atoms with E-state index in [1.807, 2.05) is 4.90 Å². The Hall–Kier alpha value is -2.28. The Morgan fingerprint density at radius 3 is 2.82 bits per heavy atom. The predicted molar refractivity (Wildman–Crippen MR) is 100 cm³/mol. The number of methoxy groups -OCH3 is 1. The third kappa shape index (κ3) is 2.75. The van der Waals surface area contributed by atoms with Crippen LogP contribution < -0.4 is 14.8 Å². The van der Waals surface area contributed by atoms with Gasteiger partial charge in [-0.3, -0.25) is 9.59 Å². The highest BCUT2D eigenvalue weighted by molar-refractivity contribution is 5.98. The fraction of sp³-hybridized carbons (Fsp3) is 0.619. The third-order valence-electron chi connectivity index (χ3n) is 6.91. The summed E-state index contributed by atoms with van der Waals surface area (Å²) in [6.07, 6.45) is 3.43. The van der Waals surface area contributed by atoms with Gasteiger partial charge in [-0.1, -0.05) is 0 Å². The zero-order valence-electron chi connectivity index (χ0n) is 16.1. The van der Waals surface area contributed by atoms with E-state index in [2.05, 4.69) is 5.32 Å². The summed E-state index contributed by atoms with van der Waals surface area (Å²) in [7, 11) is 1.60. The van der Waals surface area contributed by atoms with Gasteiger partial charge in [0.2, 0.25) is 5.91 Å². The topological polar surface area (TPSA) is 77.1 Å². The van der Waals surface area contributed by atoms with Gasteiger partial charge in [0.25, 0.3) is 5.91 Å². The Balaban J connectivity index is 1.38. The second-order valence-electron chi connectivity index (χ2n) is 8.33. The van der Waals surface area contributed by atoms with E-state index in [4.69, 9.17) is 14.2 Å². The quantitative estimate of drug-likeness (QED) is 0.839. The van der Waals surface area contributed by atoms with Gasteiger partial charge in [0, 0.05) is 37.4 Å². The highest BCUT2D eigenvalue weighted by atomic mass is 16.5. The molecule has 2 heterocycles. The summed E-state index contributed by atoms with van der Waals surface area (Å²) in [5, 5.41) is 3.15. The summed E-state index contributed by atoms with van der Waals surface area (Å²) in [6, 6.07) is 5.29. The molecule has 5 aliphatic rings. The van der Waals surface area contributed by atoms with Gasteiger partial charge < -0.3 is 24.4 Å². The second-order valence-corrected chi connectivity index (χ2v) is 8.33. The third-order valence-corrected chi connectivity index (χ3v) is 6.91. The summed E-state index contributed by atoms with van der Waals surface area (Å²) >= 11 is 0. The van der Waals surface area contributed by atoms with Crippen LogP contribution in [0.15, 0.2) is 18.2 Å². The van der Waals surface area contributed by atoms with Crippen molar-refractivity contribution < 1.29 is 23.8 Å². The maximum absolute atomic E-state index is 13.1. The van der Waals surface area contributed by atoms with Crippen molar-refractivity contribution in [3.63, 3.8) is 0 Å². The van der Waals surface area contributed by atoms with Crippen molar-refractivity contribution in [1.82, 2.24) is 10.2 Å². The normalized spacial score (nSPS) is 33.8. The van der Waals surface area contributed by atoms with Gasteiger partial charge >= 0.3 is 0 Å². The first kappa shape index (κ1) is 17.8. The zero-order valence-corrected chi connectivity index (χ0v) is 16.1. The summed E-state index contributed by atoms with van der Waals surface area (Å²) in [4.78, 5) is 27.8. The largest absolute Gasteiger partial charge is 0.497 e. The van der Waals surface area contributed by atoms with Crippen molar-refractivity contribution in [2.75, 3.05) is 33.4 Å². The van der Waals surface area contributed by atoms with E-state index in [1.54, 1.807) is 25.3 Å². The SMILES string of the molecule is COc1ccc2c(c1)O[C@@]1(C[C@H]3CC[C@@H]1C[C@@H]3C(=O)N1CCOCC1)NC2=O. The lowest BCUT2D eigenvalue weighted by atomic mass is 9.59. The molecule has 2 amide bonds. The summed E-state index contributed by atoms with van der Waals surface area (Å²) in [5.41, 5.74) is -0.171. The van der Waals surface area contributed by atoms with Crippen LogP contribution in [0, 0.1) is 17.8 Å². The maximum Gasteiger partial charge on any atom is 0.258 e. The molecule has 2 aliphatic heterocycles. The summed E-state index contributed by atoms with van der Waals surface area (Å²) in [6.45, 7) is 2.60. The number of hydrogen-bond acceptors (Lipinski definition) is 5. The van der Waals surface area contributed by atoms with E-state index in [0.717, 1.165) is 19.3 Å². The summed E-state index contributed by atoms with van der Waals surface area (Å²) < 4.78 is 17.1. The molecular formula is C21H26N2O5. The summed E-state index contributed by atoms with van der Waals surface area (Å²) in [5.74, 6) is 1.78. The van der Waals surface area contributed by atoms with Crippen LogP contribution >= 0.6 is 0 Å². The molecule has 0 unspecified atom stereocenters. The molecule has 6 rings (SSSR count). The molecule has 2 bridgehead atoms. The van der Waals surface area contributed by atoms with Crippen molar-refractivity contribution in [3.8, 4) is 11.5 Å². The molecule has 0 radical (unpaired) electrons. The molecule has 1 aromatic carbocycles. The van der Waals surface area contributed by atoms with Crippen LogP contribution in [-0.2, 0) is 9.53 Å². The Morgan fingerprint density at radius 1 is 1.29 bits per heavy atom. The Morgan fingerprint density at radius 2 is 2.11 bits per heavy atom. The number of nitrogens with zero attached hydrogens (tertiary/aromatic N) is 1. The monoisotopic (exact) mass is 386 g/mol. The number of fused-ring (bicyclic) bond motifs is 3. The predicted octanol–water partition coefficient (Wildman–Crippen LogP) is 1.81. The molecule has 7 heteroatoms. The van der Waals surface area contributed by atoms with E-state index in [1.165, 1.54) is 0 Å². The fourth-order valence-corrected chi connectivity index (χ4v) is 5.44. The van der Waals surface area contributed by atoms with Crippen LogP contribution in [0.25, 0.3) is 0 Å². The van der Waals surface area contributed by atoms with E-state index in [9.17, 15) is 9.59 Å². The molecule has 1 spiro atoms. The highest BCUT2D eigenvalue weighted by Crippen LogP contribution is 2.53. The first-order valence-electron chi connectivity index (χ1n) is 10.2. The number of amides is 2. The zero-order chi connectivity index (χ0) is 19.3. The Bertz CT molecular complexity index is 806. The fourth-order valence-electron chi connectivity index (χ4n) is 5.44. The lowest BCUT2D eigenvalue weighted by Crippen LogP contribution is -2.67. The van der Waals surface area contributed by atoms with Crippen LogP contribution in [-0.4, -0.2) is 55.9 Å². The van der Waals surface area contributed by atoms with Crippen LogP contribution in [0.3, 0.4) is 0 Å². The molecule has 0 aromatic heterocycles. The average Bonchev–Trinajstić information content (AvgIpc) is 2.73. The molecule has 1 N–H and O–H groups in total. The minimum Gasteiger partial charge on any atom is -0.497 e. The Kier molecular flexibility index (Phi) is 4.23. The van der Waals surface area contributed by atoms with E-state index >= 15 is 0 Å². The highest BCUT2D eigenvalue weighted by Gasteiger charge is 2.57. The van der Waals surface area contributed by atoms with Gasteiger partial charge in [-0.25, -0.2) is 0 Å². The van der Waals surface area contributed by atoms with Crippen molar-refractivity contribution in [2.24, 2.45) is 17.8 Å². The molecule has 28 heavy (non-hydrogen) atoms. The number of hydrogen-bond donors (Lipinski definition) is 1. The van der Waals surface area contributed by atoms with Gasteiger partial charge in [-0.05, 0) is 37.3 Å². The lowest BCUT2D eigenvalue weighted by Gasteiger charge is -2.55. The van der Waals surface area contributed by atoms with E-state index in [-0.39, 0.29) is 29.6 Å². The van der Waals surface area contributed by atoms with Gasteiger partial charge in [0.15, 0.2) is 5.72 Å². The van der Waals surface area contributed by atoms with Crippen LogP contribution in [0.1, 0.15) is 36.0 Å². The minimum atomic E-state index is -0.707. The number of benzene rings is 1. The molecule has 3 aliphatic carbocycles. The van der Waals surface area contributed by atoms with Gasteiger partial charge in [0.05, 0.1) is 25.9 Å². The first-order valence-corrected chi connectivity index (χ1v) is 10.2. The first-order chi connectivity index (χ1) is 13.6. The Labute approximate surface area is 164 Å². The van der Waals surface area contributed by atoms with Gasteiger partial charge in [0.1, 0.15) is 11.5 Å². The maximum atomic E-state index is 13.1. The number of rotatable bonds is 2. The van der Waals surface area contributed by atoms with Gasteiger partial charge in [-0.15, -0.1) is 0 Å². The van der Waals surface area contributed by atoms with E-state index in [0.29, 0.717) is 49.8 Å². The smallest absolute Gasteiger partial charge is 0.258 e. The second kappa shape index (κ2) is 6.65. The molecular weight excluding hydrogens is 360 g/mol. The molecule has 150 valence electrons. The van der Waals surface area contributed by atoms with Crippen molar-refractivity contribution in [1.29, 1.82) is 0 Å². The number of nitrogens with one attached hydrogen (secondary N) is 1. The van der Waals surface area contributed by atoms with Gasteiger partial charge in [-0.2, -0.15) is 0 Å². The number of morpholine rings is 1. The lowest BCUT2D eigenvalue weighted by molar-refractivity contribution is -0.158. The van der Waals surface area contributed by atoms with Crippen molar-refractivity contribution >= 4 is 11.8 Å². The van der Waals surface area contributed by atoms with Crippen molar-refractivity contribution in [2.45, 2.75) is 31.4 Å². The molecule has 4 atom stereocenters. The van der Waals surface area contributed by atoms with E-state index < -0.39 is 5.72 Å².